The predicted molar refractivity (Wildman–Crippen MR) is 79.2 cm³/mol. The van der Waals surface area contributed by atoms with Crippen molar-refractivity contribution in [2.75, 3.05) is 19.6 Å². The average Bonchev–Trinajstić information content (AvgIpc) is 2.87. The fourth-order valence-corrected chi connectivity index (χ4v) is 2.88. The minimum atomic E-state index is 0.304. The molecule has 0 atom stereocenters. The Labute approximate surface area is 117 Å². The van der Waals surface area contributed by atoms with Gasteiger partial charge in [0.15, 0.2) is 0 Å². The van der Waals surface area contributed by atoms with Crippen molar-refractivity contribution in [2.24, 2.45) is 0 Å². The summed E-state index contributed by atoms with van der Waals surface area (Å²) in [6, 6.07) is 2.60. The third-order valence-corrected chi connectivity index (χ3v) is 4.39. The second kappa shape index (κ2) is 6.06. The molecule has 0 unspecified atom stereocenters. The molecule has 0 spiro atoms. The van der Waals surface area contributed by atoms with Crippen molar-refractivity contribution in [2.45, 2.75) is 58.7 Å². The van der Waals surface area contributed by atoms with Crippen molar-refractivity contribution in [3.8, 4) is 0 Å². The zero-order valence-electron chi connectivity index (χ0n) is 12.8. The Balaban J connectivity index is 1.98. The van der Waals surface area contributed by atoms with Gasteiger partial charge in [0.05, 0.1) is 5.69 Å². The van der Waals surface area contributed by atoms with Crippen LogP contribution in [0.2, 0.25) is 0 Å². The molecule has 4 heteroatoms. The Kier molecular flexibility index (Phi) is 4.63. The zero-order valence-corrected chi connectivity index (χ0v) is 12.8. The minimum absolute atomic E-state index is 0.304. The summed E-state index contributed by atoms with van der Waals surface area (Å²) >= 11 is 0. The van der Waals surface area contributed by atoms with E-state index in [1.807, 2.05) is 4.68 Å². The van der Waals surface area contributed by atoms with Crippen molar-refractivity contribution in [1.82, 2.24) is 20.0 Å². The molecule has 2 heterocycles. The van der Waals surface area contributed by atoms with Gasteiger partial charge in [-0.25, -0.2) is 0 Å². The number of hydrogen-bond donors (Lipinski definition) is 1. The molecule has 2 rings (SSSR count). The van der Waals surface area contributed by atoms with Crippen LogP contribution in [-0.4, -0.2) is 39.9 Å². The fraction of sp³-hybridized carbons (Fsp3) is 0.800. The van der Waals surface area contributed by atoms with E-state index in [4.69, 9.17) is 0 Å². The van der Waals surface area contributed by atoms with Crippen LogP contribution in [0.4, 0.5) is 0 Å². The monoisotopic (exact) mass is 264 g/mol. The van der Waals surface area contributed by atoms with Crippen LogP contribution in [0, 0.1) is 0 Å². The summed E-state index contributed by atoms with van der Waals surface area (Å²) in [5.41, 5.74) is 1.50. The lowest BCUT2D eigenvalue weighted by atomic mass is 9.90. The lowest BCUT2D eigenvalue weighted by Crippen LogP contribution is -2.59. The van der Waals surface area contributed by atoms with Crippen molar-refractivity contribution in [3.05, 3.63) is 18.0 Å². The highest BCUT2D eigenvalue weighted by atomic mass is 15.3. The van der Waals surface area contributed by atoms with E-state index in [1.165, 1.54) is 18.5 Å². The van der Waals surface area contributed by atoms with Crippen molar-refractivity contribution < 1.29 is 0 Å². The second-order valence-corrected chi connectivity index (χ2v) is 6.01. The molecule has 4 nitrogen and oxygen atoms in total. The number of aromatic nitrogens is 2. The van der Waals surface area contributed by atoms with Gasteiger partial charge in [0, 0.05) is 44.0 Å². The van der Waals surface area contributed by atoms with Gasteiger partial charge in [0.25, 0.3) is 0 Å². The van der Waals surface area contributed by atoms with Crippen molar-refractivity contribution in [1.29, 1.82) is 0 Å². The third-order valence-electron chi connectivity index (χ3n) is 4.39. The van der Waals surface area contributed by atoms with Gasteiger partial charge in [0.1, 0.15) is 0 Å². The maximum atomic E-state index is 4.66. The standard InChI is InChI=1S/C15H28N4/c1-5-15(6-2)12-18(10-8-16-15)11-14-7-9-19(17-14)13(3)4/h7,9,13,16H,5-6,8,10-12H2,1-4H3. The molecule has 1 N–H and O–H groups in total. The molecule has 1 aromatic heterocycles. The SMILES string of the molecule is CCC1(CC)CN(Cc2ccn(C(C)C)n2)CCN1. The highest BCUT2D eigenvalue weighted by Crippen LogP contribution is 2.21. The molecule has 1 aromatic rings. The van der Waals surface area contributed by atoms with Crippen LogP contribution >= 0.6 is 0 Å². The van der Waals surface area contributed by atoms with Gasteiger partial charge in [-0.05, 0) is 32.8 Å². The Morgan fingerprint density at radius 2 is 2.11 bits per heavy atom. The molecule has 1 aliphatic rings. The van der Waals surface area contributed by atoms with Gasteiger partial charge in [-0.3, -0.25) is 9.58 Å². The highest BCUT2D eigenvalue weighted by molar-refractivity contribution is 5.01. The molecule has 1 aliphatic heterocycles. The number of rotatable bonds is 5. The number of hydrogen-bond acceptors (Lipinski definition) is 3. The van der Waals surface area contributed by atoms with E-state index in [9.17, 15) is 0 Å². The summed E-state index contributed by atoms with van der Waals surface area (Å²) in [6.07, 6.45) is 4.48. The number of piperazine rings is 1. The lowest BCUT2D eigenvalue weighted by molar-refractivity contribution is 0.117. The van der Waals surface area contributed by atoms with Gasteiger partial charge >= 0.3 is 0 Å². The van der Waals surface area contributed by atoms with Crippen molar-refractivity contribution in [3.63, 3.8) is 0 Å². The normalized spacial score (nSPS) is 20.1. The van der Waals surface area contributed by atoms with Gasteiger partial charge in [-0.1, -0.05) is 13.8 Å². The molecule has 1 fully saturated rings. The molecule has 108 valence electrons. The molecule has 0 aliphatic carbocycles. The molecule has 0 aromatic carbocycles. The van der Waals surface area contributed by atoms with Gasteiger partial charge in [-0.2, -0.15) is 5.10 Å². The van der Waals surface area contributed by atoms with Gasteiger partial charge in [0.2, 0.25) is 0 Å². The maximum absolute atomic E-state index is 4.66. The van der Waals surface area contributed by atoms with Gasteiger partial charge in [-0.15, -0.1) is 0 Å². The quantitative estimate of drug-likeness (QED) is 0.886. The topological polar surface area (TPSA) is 33.1 Å². The van der Waals surface area contributed by atoms with Crippen LogP contribution in [0.1, 0.15) is 52.3 Å². The molecule has 19 heavy (non-hydrogen) atoms. The summed E-state index contributed by atoms with van der Waals surface area (Å²) < 4.78 is 2.05. The summed E-state index contributed by atoms with van der Waals surface area (Å²) in [5.74, 6) is 0. The molecule has 1 saturated heterocycles. The van der Waals surface area contributed by atoms with Crippen LogP contribution in [0.15, 0.2) is 12.3 Å². The molecule has 0 amide bonds. The van der Waals surface area contributed by atoms with Crippen LogP contribution in [0.25, 0.3) is 0 Å². The molecular formula is C15H28N4. The van der Waals surface area contributed by atoms with E-state index >= 15 is 0 Å². The molecular weight excluding hydrogens is 236 g/mol. The highest BCUT2D eigenvalue weighted by Gasteiger charge is 2.31. The predicted octanol–water partition coefficient (Wildman–Crippen LogP) is 2.43. The van der Waals surface area contributed by atoms with Gasteiger partial charge < -0.3 is 5.32 Å². The molecule has 0 radical (unpaired) electrons. The maximum Gasteiger partial charge on any atom is 0.0764 e. The Bertz CT molecular complexity index is 393. The summed E-state index contributed by atoms with van der Waals surface area (Å²) in [7, 11) is 0. The first-order valence-electron chi connectivity index (χ1n) is 7.60. The Morgan fingerprint density at radius 1 is 1.37 bits per heavy atom. The largest absolute Gasteiger partial charge is 0.309 e. The van der Waals surface area contributed by atoms with Crippen LogP contribution < -0.4 is 5.32 Å². The minimum Gasteiger partial charge on any atom is -0.309 e. The van der Waals surface area contributed by atoms with E-state index in [1.54, 1.807) is 0 Å². The first-order valence-corrected chi connectivity index (χ1v) is 7.60. The molecule has 0 bridgehead atoms. The summed E-state index contributed by atoms with van der Waals surface area (Å²) in [4.78, 5) is 2.54. The van der Waals surface area contributed by atoms with E-state index in [-0.39, 0.29) is 0 Å². The summed E-state index contributed by atoms with van der Waals surface area (Å²) in [6.45, 7) is 13.2. The van der Waals surface area contributed by atoms with Crippen LogP contribution in [0.5, 0.6) is 0 Å². The Hall–Kier alpha value is -0.870. The Morgan fingerprint density at radius 3 is 2.68 bits per heavy atom. The number of nitrogens with one attached hydrogen (secondary N) is 1. The average molecular weight is 264 g/mol. The van der Waals surface area contributed by atoms with E-state index in [2.05, 4.69) is 55.3 Å². The van der Waals surface area contributed by atoms with E-state index in [0.29, 0.717) is 11.6 Å². The number of nitrogens with zero attached hydrogens (tertiary/aromatic N) is 3. The zero-order chi connectivity index (χ0) is 13.9. The van der Waals surface area contributed by atoms with E-state index in [0.717, 1.165) is 26.2 Å². The summed E-state index contributed by atoms with van der Waals surface area (Å²) in [5, 5.41) is 8.36. The van der Waals surface area contributed by atoms with E-state index < -0.39 is 0 Å². The lowest BCUT2D eigenvalue weighted by Gasteiger charge is -2.43. The second-order valence-electron chi connectivity index (χ2n) is 6.01. The third kappa shape index (κ3) is 3.37. The smallest absolute Gasteiger partial charge is 0.0764 e. The fourth-order valence-electron chi connectivity index (χ4n) is 2.88. The first-order chi connectivity index (χ1) is 9.08. The van der Waals surface area contributed by atoms with Crippen molar-refractivity contribution >= 4 is 0 Å². The van der Waals surface area contributed by atoms with Crippen LogP contribution in [-0.2, 0) is 6.54 Å². The molecule has 0 saturated carbocycles. The van der Waals surface area contributed by atoms with Crippen LogP contribution in [0.3, 0.4) is 0 Å². The first kappa shape index (κ1) is 14.5.